The van der Waals surface area contributed by atoms with Crippen molar-refractivity contribution >= 4 is 98.4 Å². The van der Waals surface area contributed by atoms with Crippen molar-refractivity contribution in [2.75, 3.05) is 0 Å². The Balaban J connectivity index is 1.74. The number of carbonyl (C=O) groups is 12. The first kappa shape index (κ1) is 50.7. The summed E-state index contributed by atoms with van der Waals surface area (Å²) in [7, 11) is -15.5. The van der Waals surface area contributed by atoms with Crippen LogP contribution >= 0.6 is 23.0 Å². The number of rotatable bonds is 24. The van der Waals surface area contributed by atoms with Crippen molar-refractivity contribution in [3.8, 4) is 34.5 Å². The molecule has 6 aromatic carbocycles. The van der Waals surface area contributed by atoms with Gasteiger partial charge in [-0.15, -0.1) is 0 Å². The summed E-state index contributed by atoms with van der Waals surface area (Å²) in [5.41, 5.74) is -1.82. The minimum Gasteiger partial charge on any atom is -0.413 e. The lowest BCUT2D eigenvalue weighted by Crippen LogP contribution is -2.12. The van der Waals surface area contributed by atoms with Gasteiger partial charge < -0.3 is 27.1 Å². The summed E-state index contributed by atoms with van der Waals surface area (Å²) in [5, 5.41) is 0. The molecule has 0 radical (unpaired) electrons. The molecule has 0 N–H and O–H groups in total. The Morgan fingerprint density at radius 3 is 0.417 bits per heavy atom. The third-order valence-electron chi connectivity index (χ3n) is 9.36. The van der Waals surface area contributed by atoms with E-state index in [1.54, 1.807) is 0 Å². The summed E-state index contributed by atoms with van der Waals surface area (Å²) in [4.78, 5) is 147. The van der Waals surface area contributed by atoms with E-state index in [2.05, 4.69) is 0 Å². The molecule has 1 aliphatic rings. The van der Waals surface area contributed by atoms with Crippen molar-refractivity contribution in [2.24, 2.45) is 13.5 Å². The fourth-order valence-corrected chi connectivity index (χ4v) is 15.6. The molecule has 0 unspecified atom stereocenters. The van der Waals surface area contributed by atoms with E-state index in [0.29, 0.717) is 75.4 Å². The normalized spacial score (nSPS) is 13.5. The van der Waals surface area contributed by atoms with Crippen LogP contribution in [0, 0.1) is 0 Å². The van der Waals surface area contributed by atoms with Gasteiger partial charge in [0.15, 0.2) is 0 Å². The van der Waals surface area contributed by atoms with Gasteiger partial charge in [-0.1, -0.05) is 13.5 Å². The van der Waals surface area contributed by atoms with Gasteiger partial charge in [0.1, 0.15) is 110 Å². The van der Waals surface area contributed by atoms with Crippen molar-refractivity contribution in [3.05, 3.63) is 176 Å². The smallest absolute Gasteiger partial charge is 0.413 e. The average molecular weight is 1030 g/mol. The summed E-state index contributed by atoms with van der Waals surface area (Å²) in [6.07, 6.45) is 4.31. The molecule has 0 saturated heterocycles. The number of benzene rings is 6. The number of nitrogens with zero attached hydrogens (tertiary/aromatic N) is 3. The molecule has 0 aromatic heterocycles. The van der Waals surface area contributed by atoms with Gasteiger partial charge in [-0.25, -0.2) is 0 Å². The van der Waals surface area contributed by atoms with E-state index in [9.17, 15) is 57.5 Å². The Kier molecular flexibility index (Phi) is 15.6. The molecule has 7 rings (SSSR count). The van der Waals surface area contributed by atoms with Crippen LogP contribution in [-0.4, -0.2) is 75.4 Å². The zero-order valence-corrected chi connectivity index (χ0v) is 39.0. The third-order valence-corrected chi connectivity index (χ3v) is 17.5. The number of hydrogen-bond acceptors (Lipinski definition) is 21. The van der Waals surface area contributed by atoms with Gasteiger partial charge in [0, 0.05) is 66.8 Å². The first-order valence-electron chi connectivity index (χ1n) is 20.2. The molecule has 0 aliphatic carbocycles. The van der Waals surface area contributed by atoms with Crippen LogP contribution in [-0.2, 0) is 0 Å². The minimum atomic E-state index is -5.16. The van der Waals surface area contributed by atoms with Crippen molar-refractivity contribution in [1.29, 1.82) is 0 Å². The zero-order chi connectivity index (χ0) is 51.5. The summed E-state index contributed by atoms with van der Waals surface area (Å²) in [6.45, 7) is 0. The van der Waals surface area contributed by atoms with E-state index in [1.165, 1.54) is 36.4 Å². The lowest BCUT2D eigenvalue weighted by molar-refractivity contribution is 0.110. The van der Waals surface area contributed by atoms with Gasteiger partial charge in [-0.05, 0) is 109 Å². The Morgan fingerprint density at radius 1 is 0.208 bits per heavy atom. The predicted octanol–water partition coefficient (Wildman–Crippen LogP) is 10.1. The maximum Gasteiger partial charge on any atom is 0.460 e. The van der Waals surface area contributed by atoms with E-state index in [1.807, 2.05) is 0 Å². The van der Waals surface area contributed by atoms with Crippen LogP contribution in [0.25, 0.3) is 0 Å². The maximum absolute atomic E-state index is 12.3. The molecule has 1 heterocycles. The molecule has 21 nitrogen and oxygen atoms in total. The zero-order valence-electron chi connectivity index (χ0n) is 36.4. The van der Waals surface area contributed by atoms with Gasteiger partial charge in [-0.3, -0.25) is 57.5 Å². The van der Waals surface area contributed by atoms with E-state index < -0.39 is 57.5 Å². The summed E-state index contributed by atoms with van der Waals surface area (Å²) < 4.78 is 54.0. The average Bonchev–Trinajstić information content (AvgIpc) is 3.39. The quantitative estimate of drug-likeness (QED) is 0.0402. The fraction of sp³-hybridized carbons (Fsp3) is 0. The predicted molar refractivity (Wildman–Crippen MR) is 255 cm³/mol. The third kappa shape index (κ3) is 12.0. The van der Waals surface area contributed by atoms with Crippen molar-refractivity contribution in [2.45, 2.75) is 0 Å². The van der Waals surface area contributed by atoms with Crippen LogP contribution in [0.15, 0.2) is 123 Å². The highest BCUT2D eigenvalue weighted by molar-refractivity contribution is 7.79. The molecule has 0 saturated carbocycles. The lowest BCUT2D eigenvalue weighted by Gasteiger charge is -2.33. The van der Waals surface area contributed by atoms with Crippen LogP contribution in [0.5, 0.6) is 34.5 Å². The molecule has 0 bridgehead atoms. The standard InChI is InChI=1S/C48H30N3O18P3/c52-19-31-1-32(20-53)8-43(7-31)64-70(65-44-9-33(21-54)2-34(10-44)22-55)49-71(66-45-11-35(23-56)3-36(12-45)24-57,67-46-13-37(25-58)4-38(14-46)26-59)51-72(50-70,68-47-15-39(27-60)5-40(16-47)28-61)69-48-17-41(29-62)6-42(18-48)30-63/h1-30H. The SMILES string of the molecule is O=Cc1cc(C=O)cc(OP2(Oc3cc(C=O)cc(C=O)c3)=NP(Oc3cc(C=O)cc(C=O)c3)(Oc3cc(C=O)cc(C=O)c3)=NP(Oc3cc(C=O)cc(C=O)c3)(Oc3cc(C=O)cc(C=O)c3)=N2)c1. The van der Waals surface area contributed by atoms with E-state index in [4.69, 9.17) is 40.7 Å². The Labute approximate surface area is 405 Å². The maximum atomic E-state index is 12.3. The fourth-order valence-electron chi connectivity index (χ4n) is 6.59. The highest BCUT2D eigenvalue weighted by Crippen LogP contribution is 2.78. The summed E-state index contributed by atoms with van der Waals surface area (Å²) >= 11 is 0. The minimum absolute atomic E-state index is 0.152. The largest absolute Gasteiger partial charge is 0.460 e. The number of hydrogen-bond donors (Lipinski definition) is 0. The van der Waals surface area contributed by atoms with Crippen LogP contribution in [0.4, 0.5) is 0 Å². The monoisotopic (exact) mass is 1030 g/mol. The Morgan fingerprint density at radius 2 is 0.319 bits per heavy atom. The molecule has 72 heavy (non-hydrogen) atoms. The molecule has 0 spiro atoms. The van der Waals surface area contributed by atoms with Gasteiger partial charge >= 0.3 is 23.0 Å². The molecular formula is C48H30N3O18P3. The Hall–Kier alpha value is -9.15. The lowest BCUT2D eigenvalue weighted by atomic mass is 10.1. The molecule has 0 fully saturated rings. The number of aldehydes is 12. The van der Waals surface area contributed by atoms with Crippen LogP contribution in [0.1, 0.15) is 124 Å². The highest BCUT2D eigenvalue weighted by atomic mass is 31.3. The summed E-state index contributed by atoms with van der Waals surface area (Å²) in [6, 6.07) is 20.5. The van der Waals surface area contributed by atoms with Crippen LogP contribution in [0.3, 0.4) is 0 Å². The van der Waals surface area contributed by atoms with Gasteiger partial charge in [0.05, 0.1) is 0 Å². The van der Waals surface area contributed by atoms with E-state index in [-0.39, 0.29) is 66.8 Å². The topological polar surface area (TPSA) is 297 Å². The van der Waals surface area contributed by atoms with E-state index >= 15 is 0 Å². The van der Waals surface area contributed by atoms with Gasteiger partial charge in [-0.2, -0.15) is 0 Å². The first-order valence-corrected chi connectivity index (χ1v) is 24.8. The highest BCUT2D eigenvalue weighted by Gasteiger charge is 2.49. The van der Waals surface area contributed by atoms with Crippen molar-refractivity contribution < 1.29 is 84.7 Å². The molecule has 1 aliphatic heterocycles. The number of carbonyl (C=O) groups excluding carboxylic acids is 12. The van der Waals surface area contributed by atoms with E-state index in [0.717, 1.165) is 72.8 Å². The van der Waals surface area contributed by atoms with Crippen molar-refractivity contribution in [3.63, 3.8) is 0 Å². The summed E-state index contributed by atoms with van der Waals surface area (Å²) in [5.74, 6) is -2.43. The molecular weight excluding hydrogens is 999 g/mol. The molecule has 6 aromatic rings. The Bertz CT molecular complexity index is 2740. The van der Waals surface area contributed by atoms with Crippen molar-refractivity contribution in [1.82, 2.24) is 0 Å². The second kappa shape index (κ2) is 22.1. The van der Waals surface area contributed by atoms with Gasteiger partial charge in [0.2, 0.25) is 0 Å². The second-order valence-corrected chi connectivity index (χ2v) is 20.9. The van der Waals surface area contributed by atoms with Crippen LogP contribution in [0.2, 0.25) is 0 Å². The first-order chi connectivity index (χ1) is 34.8. The molecule has 360 valence electrons. The van der Waals surface area contributed by atoms with Crippen LogP contribution < -0.4 is 27.1 Å². The van der Waals surface area contributed by atoms with Gasteiger partial charge in [0.25, 0.3) is 0 Å². The molecule has 0 amide bonds. The molecule has 24 heteroatoms. The molecule has 0 atom stereocenters. The second-order valence-electron chi connectivity index (χ2n) is 14.7.